The lowest BCUT2D eigenvalue weighted by atomic mass is 10.1. The van der Waals surface area contributed by atoms with Crippen molar-refractivity contribution in [1.29, 1.82) is 0 Å². The summed E-state index contributed by atoms with van der Waals surface area (Å²) in [6.45, 7) is 0. The molecule has 1 aliphatic carbocycles. The molecule has 5 rings (SSSR count). The molecule has 12 heteroatoms. The SMILES string of the molecule is O=C1NC(=O)/C(=C/c2cnn3c(NC4CC4)nc(NC(C(=O)O)c4ccccc4)nc23)N1. The monoisotopic (exact) mass is 434 g/mol. The van der Waals surface area contributed by atoms with Crippen LogP contribution in [0.5, 0.6) is 0 Å². The van der Waals surface area contributed by atoms with Gasteiger partial charge in [0.25, 0.3) is 5.91 Å². The maximum atomic E-state index is 11.9. The maximum absolute atomic E-state index is 11.9. The van der Waals surface area contributed by atoms with Gasteiger partial charge in [0.05, 0.1) is 6.20 Å². The number of carboxylic acid groups (broad SMARTS) is 1. The van der Waals surface area contributed by atoms with E-state index in [1.165, 1.54) is 16.8 Å². The van der Waals surface area contributed by atoms with Crippen molar-refractivity contribution in [3.63, 3.8) is 0 Å². The van der Waals surface area contributed by atoms with Gasteiger partial charge in [0.15, 0.2) is 11.7 Å². The molecule has 1 aromatic carbocycles. The number of anilines is 2. The first-order valence-electron chi connectivity index (χ1n) is 9.88. The highest BCUT2D eigenvalue weighted by Crippen LogP contribution is 2.27. The average molecular weight is 434 g/mol. The molecule has 32 heavy (non-hydrogen) atoms. The molecule has 1 aliphatic heterocycles. The Morgan fingerprint density at radius 3 is 2.62 bits per heavy atom. The Hall–Kier alpha value is -4.48. The number of urea groups is 1. The average Bonchev–Trinajstić information content (AvgIpc) is 3.41. The van der Waals surface area contributed by atoms with Crippen LogP contribution in [0.3, 0.4) is 0 Å². The number of hydrogen-bond acceptors (Lipinski definition) is 8. The van der Waals surface area contributed by atoms with E-state index in [1.54, 1.807) is 30.3 Å². The van der Waals surface area contributed by atoms with Gasteiger partial charge in [-0.15, -0.1) is 0 Å². The number of hydrogen-bond donors (Lipinski definition) is 5. The zero-order chi connectivity index (χ0) is 22.2. The van der Waals surface area contributed by atoms with Crippen molar-refractivity contribution in [2.24, 2.45) is 0 Å². The number of aromatic nitrogens is 4. The van der Waals surface area contributed by atoms with E-state index in [4.69, 9.17) is 0 Å². The summed E-state index contributed by atoms with van der Waals surface area (Å²) in [6.07, 6.45) is 4.91. The third kappa shape index (κ3) is 3.80. The van der Waals surface area contributed by atoms with Gasteiger partial charge in [0, 0.05) is 11.6 Å². The number of rotatable bonds is 7. The van der Waals surface area contributed by atoms with Crippen LogP contribution >= 0.6 is 0 Å². The summed E-state index contributed by atoms with van der Waals surface area (Å²) in [6, 6.07) is 7.25. The van der Waals surface area contributed by atoms with E-state index in [9.17, 15) is 19.5 Å². The number of nitrogens with one attached hydrogen (secondary N) is 4. The lowest BCUT2D eigenvalue weighted by molar-refractivity contribution is -0.138. The molecular weight excluding hydrogens is 416 g/mol. The number of carbonyl (C=O) groups is 3. The molecule has 1 saturated carbocycles. The number of aliphatic carboxylic acids is 1. The molecule has 2 aromatic heterocycles. The van der Waals surface area contributed by atoms with E-state index in [1.807, 2.05) is 0 Å². The molecule has 3 amide bonds. The van der Waals surface area contributed by atoms with Gasteiger partial charge in [-0.25, -0.2) is 9.59 Å². The minimum absolute atomic E-state index is 0.0578. The quantitative estimate of drug-likeness (QED) is 0.271. The van der Waals surface area contributed by atoms with E-state index in [2.05, 4.69) is 36.3 Å². The normalized spacial score (nSPS) is 17.8. The fourth-order valence-electron chi connectivity index (χ4n) is 3.26. The Balaban J connectivity index is 1.56. The van der Waals surface area contributed by atoms with Crippen molar-refractivity contribution in [3.05, 3.63) is 53.4 Å². The highest BCUT2D eigenvalue weighted by atomic mass is 16.4. The second kappa shape index (κ2) is 7.65. The Morgan fingerprint density at radius 2 is 1.97 bits per heavy atom. The molecule has 1 unspecified atom stereocenters. The van der Waals surface area contributed by atoms with Crippen LogP contribution in [0.2, 0.25) is 0 Å². The number of amides is 3. The molecule has 2 aliphatic rings. The van der Waals surface area contributed by atoms with Crippen LogP contribution in [-0.4, -0.2) is 48.6 Å². The molecule has 5 N–H and O–H groups in total. The number of nitrogens with zero attached hydrogens (tertiary/aromatic N) is 4. The third-order valence-corrected chi connectivity index (χ3v) is 4.98. The maximum Gasteiger partial charge on any atom is 0.330 e. The summed E-state index contributed by atoms with van der Waals surface area (Å²) in [5, 5.41) is 24.7. The second-order valence-electron chi connectivity index (χ2n) is 7.42. The number of benzene rings is 1. The van der Waals surface area contributed by atoms with Crippen LogP contribution < -0.4 is 21.3 Å². The van der Waals surface area contributed by atoms with E-state index < -0.39 is 23.9 Å². The molecule has 3 aromatic rings. The van der Waals surface area contributed by atoms with Crippen LogP contribution in [0, 0.1) is 0 Å². The molecule has 0 radical (unpaired) electrons. The fraction of sp³-hybridized carbons (Fsp3) is 0.200. The first-order chi connectivity index (χ1) is 15.5. The summed E-state index contributed by atoms with van der Waals surface area (Å²) >= 11 is 0. The van der Waals surface area contributed by atoms with Gasteiger partial charge in [-0.2, -0.15) is 19.6 Å². The van der Waals surface area contributed by atoms with E-state index in [-0.39, 0.29) is 17.7 Å². The van der Waals surface area contributed by atoms with Crippen molar-refractivity contribution in [3.8, 4) is 0 Å². The van der Waals surface area contributed by atoms with Crippen molar-refractivity contribution < 1.29 is 19.5 Å². The van der Waals surface area contributed by atoms with Crippen molar-refractivity contribution in [2.75, 3.05) is 10.6 Å². The number of carbonyl (C=O) groups excluding carboxylic acids is 2. The third-order valence-electron chi connectivity index (χ3n) is 4.98. The lowest BCUT2D eigenvalue weighted by Crippen LogP contribution is -2.22. The minimum atomic E-state index is -1.09. The fourth-order valence-corrected chi connectivity index (χ4v) is 3.26. The first-order valence-corrected chi connectivity index (χ1v) is 9.88. The Morgan fingerprint density at radius 1 is 1.19 bits per heavy atom. The number of carboxylic acids is 1. The zero-order valence-electron chi connectivity index (χ0n) is 16.6. The second-order valence-corrected chi connectivity index (χ2v) is 7.42. The Bertz CT molecular complexity index is 1270. The van der Waals surface area contributed by atoms with E-state index >= 15 is 0 Å². The molecule has 1 saturated heterocycles. The summed E-state index contributed by atoms with van der Waals surface area (Å²) in [5.41, 5.74) is 1.39. The van der Waals surface area contributed by atoms with Crippen LogP contribution in [0.15, 0.2) is 42.2 Å². The molecule has 0 bridgehead atoms. The van der Waals surface area contributed by atoms with Gasteiger partial charge in [-0.3, -0.25) is 10.1 Å². The number of fused-ring (bicyclic) bond motifs is 1. The largest absolute Gasteiger partial charge is 0.479 e. The molecule has 0 spiro atoms. The molecule has 1 atom stereocenters. The molecule has 162 valence electrons. The first kappa shape index (κ1) is 19.5. The van der Waals surface area contributed by atoms with Crippen LogP contribution in [-0.2, 0) is 9.59 Å². The van der Waals surface area contributed by atoms with Gasteiger partial charge in [0.2, 0.25) is 11.9 Å². The molecular formula is C20H18N8O4. The standard InChI is InChI=1S/C20H18N8O4/c29-16-13(23-20(32)26-16)8-11-9-21-28-15(11)25-18(27-19(28)22-12-6-7-12)24-14(17(30)31)10-4-2-1-3-5-10/h1-5,8-9,12,14H,6-7H2,(H,30,31)(H2,22,24,25,27)(H2,23,26,29,32)/b13-8-. The van der Waals surface area contributed by atoms with Crippen molar-refractivity contribution >= 4 is 41.5 Å². The highest BCUT2D eigenvalue weighted by Gasteiger charge is 2.27. The van der Waals surface area contributed by atoms with E-state index in [0.717, 1.165) is 12.8 Å². The zero-order valence-corrected chi connectivity index (χ0v) is 16.6. The summed E-state index contributed by atoms with van der Waals surface area (Å²) < 4.78 is 1.48. The van der Waals surface area contributed by atoms with Crippen LogP contribution in [0.1, 0.15) is 30.0 Å². The van der Waals surface area contributed by atoms with Crippen LogP contribution in [0.4, 0.5) is 16.7 Å². The summed E-state index contributed by atoms with van der Waals surface area (Å²) in [5.74, 6) is -1.18. The Kier molecular flexibility index (Phi) is 4.66. The minimum Gasteiger partial charge on any atom is -0.479 e. The van der Waals surface area contributed by atoms with Crippen molar-refractivity contribution in [1.82, 2.24) is 30.2 Å². The summed E-state index contributed by atoms with van der Waals surface area (Å²) in [7, 11) is 0. The Labute approximate surface area is 180 Å². The number of imide groups is 1. The van der Waals surface area contributed by atoms with Gasteiger partial charge >= 0.3 is 12.0 Å². The lowest BCUT2D eigenvalue weighted by Gasteiger charge is -2.16. The van der Waals surface area contributed by atoms with Crippen LogP contribution in [0.25, 0.3) is 11.7 Å². The molecule has 3 heterocycles. The molecule has 2 fully saturated rings. The van der Waals surface area contributed by atoms with Gasteiger partial charge < -0.3 is 21.1 Å². The van der Waals surface area contributed by atoms with Gasteiger partial charge in [-0.1, -0.05) is 30.3 Å². The topological polar surface area (TPSA) is 163 Å². The predicted molar refractivity (Wildman–Crippen MR) is 113 cm³/mol. The van der Waals surface area contributed by atoms with E-state index in [0.29, 0.717) is 22.7 Å². The van der Waals surface area contributed by atoms with Gasteiger partial charge in [-0.05, 0) is 24.5 Å². The predicted octanol–water partition coefficient (Wildman–Crippen LogP) is 1.12. The smallest absolute Gasteiger partial charge is 0.330 e. The summed E-state index contributed by atoms with van der Waals surface area (Å²) in [4.78, 5) is 44.1. The highest BCUT2D eigenvalue weighted by molar-refractivity contribution is 6.14. The van der Waals surface area contributed by atoms with Gasteiger partial charge in [0.1, 0.15) is 5.70 Å². The molecule has 12 nitrogen and oxygen atoms in total. The van der Waals surface area contributed by atoms with Crippen molar-refractivity contribution in [2.45, 2.75) is 24.9 Å².